The third-order valence-corrected chi connectivity index (χ3v) is 6.43. The number of nitrogens with zero attached hydrogens (tertiary/aromatic N) is 7. The number of anilines is 1. The minimum absolute atomic E-state index is 0.0375. The normalized spacial score (nSPS) is 12.3. The summed E-state index contributed by atoms with van der Waals surface area (Å²) in [5.41, 5.74) is 3.36. The fraction of sp³-hybridized carbons (Fsp3) is 0.391. The highest BCUT2D eigenvalue weighted by atomic mass is 35.5. The molecule has 4 rings (SSSR count). The molecule has 178 valence electrons. The molecule has 4 heterocycles. The number of fused-ring (bicyclic) bond motifs is 1. The molecule has 11 heteroatoms. The van der Waals surface area contributed by atoms with Crippen molar-refractivity contribution in [1.82, 2.24) is 29.9 Å². The van der Waals surface area contributed by atoms with E-state index in [0.717, 1.165) is 38.7 Å². The number of thiazole rings is 1. The van der Waals surface area contributed by atoms with Gasteiger partial charge in [0.05, 0.1) is 34.7 Å². The number of aromatic nitrogens is 6. The second kappa shape index (κ2) is 10.5. The summed E-state index contributed by atoms with van der Waals surface area (Å²) in [6.45, 7) is 5.52. The molecule has 34 heavy (non-hydrogen) atoms. The number of ketones is 1. The van der Waals surface area contributed by atoms with Gasteiger partial charge in [-0.3, -0.25) is 4.79 Å². The number of hydrogen-bond donors (Lipinski definition) is 0. The minimum atomic E-state index is 0.0375. The van der Waals surface area contributed by atoms with Crippen molar-refractivity contribution in [3.63, 3.8) is 0 Å². The van der Waals surface area contributed by atoms with Gasteiger partial charge in [0.2, 0.25) is 0 Å². The van der Waals surface area contributed by atoms with E-state index in [2.05, 4.69) is 32.0 Å². The molecule has 0 N–H and O–H groups in total. The van der Waals surface area contributed by atoms with E-state index < -0.39 is 0 Å². The lowest BCUT2D eigenvalue weighted by molar-refractivity contribution is -0.117. The van der Waals surface area contributed by atoms with E-state index >= 15 is 0 Å². The van der Waals surface area contributed by atoms with Gasteiger partial charge < -0.3 is 9.64 Å². The number of carbonyl (C=O) groups excluding carboxylic acids is 1. The number of Topliss-reactive ketones (excluding diaryl/α,β-unsaturated/α-hetero) is 1. The molecule has 0 saturated heterocycles. The van der Waals surface area contributed by atoms with Crippen molar-refractivity contribution < 1.29 is 9.53 Å². The first-order valence-electron chi connectivity index (χ1n) is 10.8. The second-order valence-corrected chi connectivity index (χ2v) is 9.91. The van der Waals surface area contributed by atoms with Crippen LogP contribution in [0.2, 0.25) is 5.02 Å². The van der Waals surface area contributed by atoms with Gasteiger partial charge in [0.1, 0.15) is 16.1 Å². The van der Waals surface area contributed by atoms with Crippen molar-refractivity contribution in [3.05, 3.63) is 52.0 Å². The van der Waals surface area contributed by atoms with Crippen molar-refractivity contribution >= 4 is 44.8 Å². The van der Waals surface area contributed by atoms with Crippen LogP contribution in [0.1, 0.15) is 23.1 Å². The number of halogens is 1. The molecule has 0 amide bonds. The Kier molecular flexibility index (Phi) is 7.50. The highest BCUT2D eigenvalue weighted by Crippen LogP contribution is 2.32. The van der Waals surface area contributed by atoms with Gasteiger partial charge in [-0.25, -0.2) is 15.0 Å². The van der Waals surface area contributed by atoms with Crippen LogP contribution in [0.5, 0.6) is 0 Å². The summed E-state index contributed by atoms with van der Waals surface area (Å²) in [5.74, 6) is 0.776. The molecule has 0 bridgehead atoms. The molecule has 1 unspecified atom stereocenters. The number of pyridine rings is 2. The fourth-order valence-corrected chi connectivity index (χ4v) is 5.03. The largest absolute Gasteiger partial charge is 0.384 e. The Morgan fingerprint density at radius 1 is 1.24 bits per heavy atom. The fourth-order valence-electron chi connectivity index (χ4n) is 4.00. The number of hydrogen-bond acceptors (Lipinski definition) is 9. The Morgan fingerprint density at radius 3 is 2.71 bits per heavy atom. The number of rotatable bonds is 10. The maximum atomic E-state index is 13.1. The van der Waals surface area contributed by atoms with Crippen LogP contribution in [0, 0.1) is 12.8 Å². The zero-order valence-electron chi connectivity index (χ0n) is 19.5. The van der Waals surface area contributed by atoms with Crippen LogP contribution >= 0.6 is 22.9 Å². The van der Waals surface area contributed by atoms with Crippen molar-refractivity contribution in [2.45, 2.75) is 26.7 Å². The van der Waals surface area contributed by atoms with Crippen molar-refractivity contribution in [1.29, 1.82) is 0 Å². The van der Waals surface area contributed by atoms with Crippen LogP contribution in [-0.4, -0.2) is 63.0 Å². The lowest BCUT2D eigenvalue weighted by atomic mass is 10.0. The summed E-state index contributed by atoms with van der Waals surface area (Å²) >= 11 is 7.92. The van der Waals surface area contributed by atoms with Crippen LogP contribution in [-0.2, 0) is 22.4 Å². The van der Waals surface area contributed by atoms with Gasteiger partial charge in [-0.1, -0.05) is 29.9 Å². The highest BCUT2D eigenvalue weighted by molar-refractivity contribution is 7.18. The molecule has 0 aliphatic heterocycles. The molecule has 9 nitrogen and oxygen atoms in total. The Labute approximate surface area is 206 Å². The summed E-state index contributed by atoms with van der Waals surface area (Å²) in [7, 11) is 3.73. The zero-order chi connectivity index (χ0) is 24.2. The van der Waals surface area contributed by atoms with Gasteiger partial charge in [-0.2, -0.15) is 10.2 Å². The summed E-state index contributed by atoms with van der Waals surface area (Å²) < 4.78 is 5.30. The van der Waals surface area contributed by atoms with Crippen LogP contribution in [0.15, 0.2) is 30.9 Å². The average molecular weight is 500 g/mol. The van der Waals surface area contributed by atoms with Crippen LogP contribution < -0.4 is 4.90 Å². The maximum Gasteiger partial charge on any atom is 0.193 e. The van der Waals surface area contributed by atoms with Crippen LogP contribution in [0.3, 0.4) is 0 Å². The first kappa shape index (κ1) is 24.2. The first-order valence-corrected chi connectivity index (χ1v) is 12.0. The lowest BCUT2D eigenvalue weighted by Crippen LogP contribution is -2.28. The van der Waals surface area contributed by atoms with Gasteiger partial charge in [0, 0.05) is 51.5 Å². The first-order chi connectivity index (χ1) is 16.4. The molecule has 0 radical (unpaired) electrons. The topological polar surface area (TPSA) is 98.9 Å². The van der Waals surface area contributed by atoms with Crippen LogP contribution in [0.25, 0.3) is 16.2 Å². The number of ether oxygens (including phenoxy) is 1. The molecular weight excluding hydrogens is 474 g/mol. The zero-order valence-corrected chi connectivity index (χ0v) is 21.1. The molecule has 0 spiro atoms. The Hall–Kier alpha value is -2.95. The smallest absolute Gasteiger partial charge is 0.193 e. The van der Waals surface area contributed by atoms with Gasteiger partial charge in [-0.15, -0.1) is 4.80 Å². The van der Waals surface area contributed by atoms with Gasteiger partial charge in [0.25, 0.3) is 0 Å². The molecule has 0 aliphatic carbocycles. The van der Waals surface area contributed by atoms with Crippen molar-refractivity contribution in [3.8, 4) is 5.82 Å². The molecule has 0 aromatic carbocycles. The molecule has 1 atom stereocenters. The molecule has 0 saturated carbocycles. The number of aryl methyl sites for hydroxylation is 1. The minimum Gasteiger partial charge on any atom is -0.384 e. The summed E-state index contributed by atoms with van der Waals surface area (Å²) in [6.07, 6.45) is 6.97. The molecule has 0 fully saturated rings. The summed E-state index contributed by atoms with van der Waals surface area (Å²) in [5, 5.41) is 9.42. The Balaban J connectivity index is 1.56. The van der Waals surface area contributed by atoms with E-state index in [1.165, 1.54) is 4.80 Å². The van der Waals surface area contributed by atoms with Crippen molar-refractivity contribution in [2.75, 3.05) is 32.2 Å². The number of carbonyl (C=O) groups is 1. The number of methoxy groups -OCH3 is 1. The van der Waals surface area contributed by atoms with E-state index in [1.807, 2.05) is 14.0 Å². The summed E-state index contributed by atoms with van der Waals surface area (Å²) in [6, 6.07) is 1.73. The Bertz CT molecular complexity index is 1290. The third-order valence-electron chi connectivity index (χ3n) is 5.28. The van der Waals surface area contributed by atoms with E-state index in [9.17, 15) is 4.79 Å². The van der Waals surface area contributed by atoms with E-state index in [-0.39, 0.29) is 18.6 Å². The van der Waals surface area contributed by atoms with Gasteiger partial charge in [0.15, 0.2) is 5.82 Å². The van der Waals surface area contributed by atoms with Crippen molar-refractivity contribution in [2.24, 2.45) is 5.92 Å². The standard InChI is InChI=1S/C23H26ClN7O2S/c1-14(13-33-4)12-30(3)21-17(11-26-23-20(21)29-15(2)34-23)9-18(32)7-16-8-19(24)22(25-10-16)31-27-5-6-28-31/h5-6,8,10-11,14H,7,9,12-13H2,1-4H3. The second-order valence-electron chi connectivity index (χ2n) is 8.32. The SMILES string of the molecule is COCC(C)CN(C)c1c(CC(=O)Cc2cnc(-n3nccn3)c(Cl)c2)cnc2sc(C)nc12. The van der Waals surface area contributed by atoms with Gasteiger partial charge >= 0.3 is 0 Å². The maximum absolute atomic E-state index is 13.1. The van der Waals surface area contributed by atoms with E-state index in [0.29, 0.717) is 23.4 Å². The molecule has 4 aromatic heterocycles. The average Bonchev–Trinajstić information content (AvgIpc) is 3.42. The predicted molar refractivity (Wildman–Crippen MR) is 133 cm³/mol. The molecular formula is C23H26ClN7O2S. The van der Waals surface area contributed by atoms with Gasteiger partial charge in [-0.05, 0) is 24.5 Å². The van der Waals surface area contributed by atoms with E-state index in [4.69, 9.17) is 21.3 Å². The highest BCUT2D eigenvalue weighted by Gasteiger charge is 2.20. The quantitative estimate of drug-likeness (QED) is 0.325. The van der Waals surface area contributed by atoms with E-state index in [1.54, 1.807) is 49.3 Å². The Morgan fingerprint density at radius 2 is 2.00 bits per heavy atom. The lowest BCUT2D eigenvalue weighted by Gasteiger charge is -2.25. The molecule has 0 aliphatic rings. The molecule has 4 aromatic rings. The monoisotopic (exact) mass is 499 g/mol. The van der Waals surface area contributed by atoms with Crippen LogP contribution in [0.4, 0.5) is 5.69 Å². The third kappa shape index (κ3) is 5.40. The summed E-state index contributed by atoms with van der Waals surface area (Å²) in [4.78, 5) is 31.1. The predicted octanol–water partition coefficient (Wildman–Crippen LogP) is 3.70.